The Labute approximate surface area is 193 Å². The van der Waals surface area contributed by atoms with Crippen molar-refractivity contribution >= 4 is 23.2 Å². The lowest BCUT2D eigenvalue weighted by atomic mass is 9.81. The molecule has 0 aromatic heterocycles. The van der Waals surface area contributed by atoms with Crippen LogP contribution in [-0.2, 0) is 4.79 Å². The number of carbonyl (C=O) groups excluding carboxylic acids is 1. The van der Waals surface area contributed by atoms with Crippen LogP contribution in [0.25, 0.3) is 0 Å². The van der Waals surface area contributed by atoms with Crippen molar-refractivity contribution in [3.8, 4) is 0 Å². The third kappa shape index (κ3) is 4.00. The summed E-state index contributed by atoms with van der Waals surface area (Å²) < 4.78 is 28.3. The zero-order valence-electron chi connectivity index (χ0n) is 18.2. The Bertz CT molecular complexity index is 966. The molecule has 0 spiro atoms. The van der Waals surface area contributed by atoms with E-state index in [1.54, 1.807) is 0 Å². The maximum absolute atomic E-state index is 14.1. The molecule has 2 heterocycles. The minimum Gasteiger partial charge on any atom is -0.360 e. The smallest absolute Gasteiger partial charge is 0.230 e. The summed E-state index contributed by atoms with van der Waals surface area (Å²) in [6.07, 6.45) is 7.68. The standard InChI is InChI=1S/C26H29ClF2N2O/c27-19-7-9-22(10-8-19)31-23(18-15-20(28)17-21(29)16-18)5-4-6-24(31)26(11-12-26)25(32)30-13-2-1-3-14-30/h7-10,15-17,23-24H,1-6,11-14H2/t23-,24+/m0/s1. The van der Waals surface area contributed by atoms with E-state index >= 15 is 0 Å². The number of carbonyl (C=O) groups is 1. The van der Waals surface area contributed by atoms with E-state index in [9.17, 15) is 13.6 Å². The first kappa shape index (κ1) is 21.7. The van der Waals surface area contributed by atoms with Crippen LogP contribution in [-0.4, -0.2) is 29.9 Å². The summed E-state index contributed by atoms with van der Waals surface area (Å²) in [5, 5.41) is 0.640. The minimum atomic E-state index is -0.566. The molecule has 3 aliphatic rings. The second kappa shape index (κ2) is 8.66. The number of hydrogen-bond acceptors (Lipinski definition) is 2. The van der Waals surface area contributed by atoms with Gasteiger partial charge in [-0.2, -0.15) is 0 Å². The molecule has 2 aromatic rings. The molecule has 1 amide bonds. The number of piperidine rings is 2. The van der Waals surface area contributed by atoms with Crippen LogP contribution in [0.5, 0.6) is 0 Å². The van der Waals surface area contributed by atoms with Crippen LogP contribution in [0.2, 0.25) is 5.02 Å². The van der Waals surface area contributed by atoms with Gasteiger partial charge in [0.05, 0.1) is 11.5 Å². The van der Waals surface area contributed by atoms with Gasteiger partial charge in [0.15, 0.2) is 0 Å². The molecule has 0 N–H and O–H groups in total. The largest absolute Gasteiger partial charge is 0.360 e. The van der Waals surface area contributed by atoms with Crippen molar-refractivity contribution in [2.45, 2.75) is 63.5 Å². The van der Waals surface area contributed by atoms with Crippen molar-refractivity contribution in [2.75, 3.05) is 18.0 Å². The van der Waals surface area contributed by atoms with Crippen molar-refractivity contribution in [3.05, 3.63) is 64.7 Å². The third-order valence-corrected chi connectivity index (χ3v) is 7.77. The predicted molar refractivity (Wildman–Crippen MR) is 123 cm³/mol. The van der Waals surface area contributed by atoms with Gasteiger partial charge in [-0.15, -0.1) is 0 Å². The van der Waals surface area contributed by atoms with Gasteiger partial charge in [-0.25, -0.2) is 8.78 Å². The topological polar surface area (TPSA) is 23.6 Å². The van der Waals surface area contributed by atoms with Crippen LogP contribution >= 0.6 is 11.6 Å². The summed E-state index contributed by atoms with van der Waals surface area (Å²) in [6, 6.07) is 11.2. The van der Waals surface area contributed by atoms with Crippen LogP contribution in [0, 0.1) is 17.0 Å². The molecule has 0 radical (unpaired) electrons. The number of amides is 1. The summed E-state index contributed by atoms with van der Waals surface area (Å²) in [5.74, 6) is -0.861. The van der Waals surface area contributed by atoms with E-state index < -0.39 is 17.0 Å². The van der Waals surface area contributed by atoms with Gasteiger partial charge in [-0.1, -0.05) is 11.6 Å². The van der Waals surface area contributed by atoms with Crippen molar-refractivity contribution in [3.63, 3.8) is 0 Å². The SMILES string of the molecule is O=C(N1CCCCC1)C1([C@H]2CCC[C@@H](c3cc(F)cc(F)c3)N2c2ccc(Cl)cc2)CC1. The number of halogens is 3. The lowest BCUT2D eigenvalue weighted by Crippen LogP contribution is -2.53. The molecule has 6 heteroatoms. The number of nitrogens with zero attached hydrogens (tertiary/aromatic N) is 2. The molecule has 3 nitrogen and oxygen atoms in total. The van der Waals surface area contributed by atoms with Crippen LogP contribution in [0.4, 0.5) is 14.5 Å². The quantitative estimate of drug-likeness (QED) is 0.521. The first-order valence-corrected chi connectivity index (χ1v) is 12.1. The first-order valence-electron chi connectivity index (χ1n) is 11.8. The molecule has 3 fully saturated rings. The summed E-state index contributed by atoms with van der Waals surface area (Å²) >= 11 is 6.16. The second-order valence-electron chi connectivity index (χ2n) is 9.56. The lowest BCUT2D eigenvalue weighted by molar-refractivity contribution is -0.139. The maximum atomic E-state index is 14.1. The third-order valence-electron chi connectivity index (χ3n) is 7.52. The highest BCUT2D eigenvalue weighted by Gasteiger charge is 2.60. The van der Waals surface area contributed by atoms with Gasteiger partial charge in [0.1, 0.15) is 11.6 Å². The van der Waals surface area contributed by atoms with Gasteiger partial charge in [-0.3, -0.25) is 4.79 Å². The summed E-state index contributed by atoms with van der Waals surface area (Å²) in [7, 11) is 0. The average Bonchev–Trinajstić information content (AvgIpc) is 3.61. The van der Waals surface area contributed by atoms with Gasteiger partial charge in [0.2, 0.25) is 5.91 Å². The molecule has 0 bridgehead atoms. The van der Waals surface area contributed by atoms with Crippen molar-refractivity contribution < 1.29 is 13.6 Å². The van der Waals surface area contributed by atoms with Crippen molar-refractivity contribution in [2.24, 2.45) is 5.41 Å². The normalized spacial score (nSPS) is 25.0. The Kier molecular flexibility index (Phi) is 5.87. The number of benzene rings is 2. The van der Waals surface area contributed by atoms with Gasteiger partial charge < -0.3 is 9.80 Å². The number of hydrogen-bond donors (Lipinski definition) is 0. The number of rotatable bonds is 4. The van der Waals surface area contributed by atoms with Gasteiger partial charge in [-0.05, 0) is 93.3 Å². The highest BCUT2D eigenvalue weighted by Crippen LogP contribution is 2.57. The fourth-order valence-corrected chi connectivity index (χ4v) is 5.97. The van der Waals surface area contributed by atoms with Gasteiger partial charge >= 0.3 is 0 Å². The Hall–Kier alpha value is -2.14. The Morgan fingerprint density at radius 3 is 2.19 bits per heavy atom. The molecule has 2 atom stereocenters. The molecule has 2 saturated heterocycles. The van der Waals surface area contributed by atoms with E-state index in [0.29, 0.717) is 10.6 Å². The minimum absolute atomic E-state index is 0.00295. The summed E-state index contributed by atoms with van der Waals surface area (Å²) in [4.78, 5) is 18.0. The van der Waals surface area contributed by atoms with E-state index in [0.717, 1.165) is 69.8 Å². The molecule has 2 aliphatic heterocycles. The predicted octanol–water partition coefficient (Wildman–Crippen LogP) is 6.51. The molecule has 170 valence electrons. The van der Waals surface area contributed by atoms with Crippen molar-refractivity contribution in [1.29, 1.82) is 0 Å². The second-order valence-corrected chi connectivity index (χ2v) is 9.99. The van der Waals surface area contributed by atoms with E-state index in [1.165, 1.54) is 18.6 Å². The fraction of sp³-hybridized carbons (Fsp3) is 0.500. The Morgan fingerprint density at radius 1 is 0.906 bits per heavy atom. The van der Waals surface area contributed by atoms with E-state index in [1.807, 2.05) is 24.3 Å². The molecule has 5 rings (SSSR count). The van der Waals surface area contributed by atoms with Crippen LogP contribution in [0.15, 0.2) is 42.5 Å². The molecule has 1 saturated carbocycles. The highest BCUT2D eigenvalue weighted by atomic mass is 35.5. The van der Waals surface area contributed by atoms with Crippen molar-refractivity contribution in [1.82, 2.24) is 4.90 Å². The Morgan fingerprint density at radius 2 is 1.56 bits per heavy atom. The van der Waals surface area contributed by atoms with E-state index in [4.69, 9.17) is 11.6 Å². The summed E-state index contributed by atoms with van der Waals surface area (Å²) in [6.45, 7) is 1.68. The van der Waals surface area contributed by atoms with Crippen LogP contribution in [0.3, 0.4) is 0 Å². The number of anilines is 1. The molecular formula is C26H29ClF2N2O. The van der Waals surface area contributed by atoms with Crippen LogP contribution in [0.1, 0.15) is 63.0 Å². The number of likely N-dealkylation sites (tertiary alicyclic amines) is 1. The lowest BCUT2D eigenvalue weighted by Gasteiger charge is -2.48. The van der Waals surface area contributed by atoms with E-state index in [2.05, 4.69) is 9.80 Å². The zero-order chi connectivity index (χ0) is 22.3. The average molecular weight is 459 g/mol. The van der Waals surface area contributed by atoms with E-state index in [-0.39, 0.29) is 18.0 Å². The first-order chi connectivity index (χ1) is 15.5. The molecule has 1 aliphatic carbocycles. The highest BCUT2D eigenvalue weighted by molar-refractivity contribution is 6.30. The Balaban J connectivity index is 1.54. The molecule has 0 unspecified atom stereocenters. The fourth-order valence-electron chi connectivity index (χ4n) is 5.85. The summed E-state index contributed by atoms with van der Waals surface area (Å²) in [5.41, 5.74) is 1.18. The maximum Gasteiger partial charge on any atom is 0.230 e. The van der Waals surface area contributed by atoms with Crippen LogP contribution < -0.4 is 4.90 Å². The monoisotopic (exact) mass is 458 g/mol. The zero-order valence-corrected chi connectivity index (χ0v) is 19.0. The molecule has 32 heavy (non-hydrogen) atoms. The molecular weight excluding hydrogens is 430 g/mol. The van der Waals surface area contributed by atoms with Gasteiger partial charge in [0, 0.05) is 35.9 Å². The molecule has 2 aromatic carbocycles. The van der Waals surface area contributed by atoms with Gasteiger partial charge in [0.25, 0.3) is 0 Å².